The van der Waals surface area contributed by atoms with Gasteiger partial charge >= 0.3 is 0 Å². The lowest BCUT2D eigenvalue weighted by Crippen LogP contribution is -2.20. The molecule has 1 N–H and O–H groups in total. The maximum atomic E-state index is 10.9. The van der Waals surface area contributed by atoms with Crippen molar-refractivity contribution in [2.45, 2.75) is 25.4 Å². The number of rotatable bonds is 8. The van der Waals surface area contributed by atoms with E-state index in [1.165, 1.54) is 5.30 Å². The van der Waals surface area contributed by atoms with Gasteiger partial charge < -0.3 is 14.6 Å². The minimum Gasteiger partial charge on any atom is -0.504 e. The smallest absolute Gasteiger partial charge is 0.164 e. The van der Waals surface area contributed by atoms with Crippen LogP contribution in [0.5, 0.6) is 17.2 Å². The lowest BCUT2D eigenvalue weighted by Gasteiger charge is -2.31. The zero-order chi connectivity index (χ0) is 21.6. The molecule has 0 aliphatic rings. The molecule has 3 aromatic carbocycles. The van der Waals surface area contributed by atoms with Crippen molar-refractivity contribution in [3.8, 4) is 17.2 Å². The minimum absolute atomic E-state index is 0.172. The second-order valence-electron chi connectivity index (χ2n) is 7.22. The Morgan fingerprint density at radius 3 is 2.37 bits per heavy atom. The van der Waals surface area contributed by atoms with Crippen LogP contribution in [0.2, 0.25) is 0 Å². The van der Waals surface area contributed by atoms with Crippen molar-refractivity contribution in [1.29, 1.82) is 0 Å². The Bertz CT molecular complexity index is 1020. The lowest BCUT2D eigenvalue weighted by atomic mass is 9.95. The Hall–Kier alpha value is -2.84. The third-order valence-corrected chi connectivity index (χ3v) is 7.19. The molecule has 0 fully saturated rings. The highest BCUT2D eigenvalue weighted by Gasteiger charge is 2.31. The van der Waals surface area contributed by atoms with Crippen LogP contribution in [0.1, 0.15) is 31.4 Å². The molecule has 5 heteroatoms. The van der Waals surface area contributed by atoms with Crippen LogP contribution in [0.3, 0.4) is 0 Å². The molecule has 0 aliphatic carbocycles. The van der Waals surface area contributed by atoms with Crippen LogP contribution >= 0.6 is 8.58 Å². The quantitative estimate of drug-likeness (QED) is 0.370. The van der Waals surface area contributed by atoms with E-state index in [1.54, 1.807) is 20.3 Å². The Kier molecular flexibility index (Phi) is 7.12. The van der Waals surface area contributed by atoms with Gasteiger partial charge in [0.15, 0.2) is 11.5 Å². The number of nitrogens with zero attached hydrogens (tertiary/aromatic N) is 1. The van der Waals surface area contributed by atoms with Gasteiger partial charge in [0.25, 0.3) is 0 Å². The normalized spacial score (nSPS) is 13.6. The van der Waals surface area contributed by atoms with E-state index in [1.807, 2.05) is 54.7 Å². The molecule has 3 aromatic rings. The van der Waals surface area contributed by atoms with Gasteiger partial charge in [0.2, 0.25) is 0 Å². The van der Waals surface area contributed by atoms with Crippen molar-refractivity contribution < 1.29 is 14.6 Å². The van der Waals surface area contributed by atoms with E-state index in [4.69, 9.17) is 9.47 Å². The van der Waals surface area contributed by atoms with Gasteiger partial charge in [0.05, 0.1) is 19.9 Å². The van der Waals surface area contributed by atoms with Crippen LogP contribution < -0.4 is 14.8 Å². The lowest BCUT2D eigenvalue weighted by molar-refractivity contribution is 0.357. The second kappa shape index (κ2) is 9.77. The maximum Gasteiger partial charge on any atom is 0.164 e. The summed E-state index contributed by atoms with van der Waals surface area (Å²) in [7, 11) is 3.60. The molecule has 0 saturated carbocycles. The monoisotopic (exact) mass is 421 g/mol. The molecule has 0 radical (unpaired) electrons. The summed E-state index contributed by atoms with van der Waals surface area (Å²) in [6, 6.07) is 21.8. The molecule has 4 nitrogen and oxygen atoms in total. The second-order valence-corrected chi connectivity index (χ2v) is 9.11. The maximum absolute atomic E-state index is 10.9. The third-order valence-electron chi connectivity index (χ3n) is 5.29. The van der Waals surface area contributed by atoms with Gasteiger partial charge in [-0.2, -0.15) is 0 Å². The standard InChI is InChI=1S/C25H28NO3P/c1-5-25(2,21-15-20(28-3)16-22(29-4)24(21)27)30-23-14-10-9-11-18(23)17-26-19-12-7-6-8-13-19/h6-17,27,30H,5H2,1-4H3. The number of aliphatic imine (C=N–C) groups is 1. The number of benzene rings is 3. The first-order chi connectivity index (χ1) is 14.5. The summed E-state index contributed by atoms with van der Waals surface area (Å²) in [5.74, 6) is 1.27. The third kappa shape index (κ3) is 4.83. The SMILES string of the molecule is CCC(C)(Pc1ccccc1C=Nc1ccccc1)c1cc(OC)cc(OC)c1O. The fourth-order valence-corrected chi connectivity index (χ4v) is 4.87. The van der Waals surface area contributed by atoms with Crippen molar-refractivity contribution >= 4 is 25.8 Å². The average molecular weight is 421 g/mol. The van der Waals surface area contributed by atoms with E-state index in [-0.39, 0.29) is 10.9 Å². The number of hydrogen-bond donors (Lipinski definition) is 1. The zero-order valence-corrected chi connectivity index (χ0v) is 18.8. The number of hydrogen-bond acceptors (Lipinski definition) is 4. The molecule has 156 valence electrons. The highest BCUT2D eigenvalue weighted by molar-refractivity contribution is 7.48. The van der Waals surface area contributed by atoms with Crippen LogP contribution in [0.25, 0.3) is 0 Å². The van der Waals surface area contributed by atoms with Crippen molar-refractivity contribution in [2.24, 2.45) is 4.99 Å². The number of methoxy groups -OCH3 is 2. The zero-order valence-electron chi connectivity index (χ0n) is 17.8. The average Bonchev–Trinajstić information content (AvgIpc) is 2.79. The number of phenolic OH excluding ortho intramolecular Hbond substituents is 1. The van der Waals surface area contributed by atoms with Crippen LogP contribution in [0, 0.1) is 0 Å². The number of aromatic hydroxyl groups is 1. The number of phenols is 1. The molecule has 30 heavy (non-hydrogen) atoms. The van der Waals surface area contributed by atoms with Gasteiger partial charge in [-0.15, -0.1) is 0 Å². The van der Waals surface area contributed by atoms with Crippen molar-refractivity contribution in [3.05, 3.63) is 77.9 Å². The summed E-state index contributed by atoms with van der Waals surface area (Å²) < 4.78 is 10.8. The van der Waals surface area contributed by atoms with E-state index in [2.05, 4.69) is 31.0 Å². The van der Waals surface area contributed by atoms with E-state index in [0.29, 0.717) is 20.1 Å². The molecule has 2 atom stereocenters. The van der Waals surface area contributed by atoms with Crippen LogP contribution in [-0.4, -0.2) is 25.5 Å². The summed E-state index contributed by atoms with van der Waals surface area (Å²) in [6.45, 7) is 4.31. The minimum atomic E-state index is -0.289. The summed E-state index contributed by atoms with van der Waals surface area (Å²) in [5.41, 5.74) is 2.83. The van der Waals surface area contributed by atoms with E-state index < -0.39 is 0 Å². The van der Waals surface area contributed by atoms with E-state index >= 15 is 0 Å². The molecule has 0 saturated heterocycles. The summed E-state index contributed by atoms with van der Waals surface area (Å²) in [5, 5.41) is 11.8. The van der Waals surface area contributed by atoms with E-state index in [0.717, 1.165) is 23.2 Å². The van der Waals surface area contributed by atoms with Crippen LogP contribution in [-0.2, 0) is 5.16 Å². The van der Waals surface area contributed by atoms with Gasteiger partial charge in [-0.05, 0) is 29.9 Å². The van der Waals surface area contributed by atoms with Crippen molar-refractivity contribution in [1.82, 2.24) is 0 Å². The summed E-state index contributed by atoms with van der Waals surface area (Å²) in [6.07, 6.45) is 2.76. The highest BCUT2D eigenvalue weighted by Crippen LogP contribution is 2.50. The topological polar surface area (TPSA) is 51.0 Å². The Labute approximate surface area is 180 Å². The molecule has 0 aliphatic heterocycles. The van der Waals surface area contributed by atoms with Gasteiger partial charge in [0, 0.05) is 28.6 Å². The predicted octanol–water partition coefficient (Wildman–Crippen LogP) is 5.79. The molecular formula is C25H28NO3P. The molecular weight excluding hydrogens is 393 g/mol. The van der Waals surface area contributed by atoms with Gasteiger partial charge in [-0.1, -0.05) is 64.9 Å². The Morgan fingerprint density at radius 1 is 1.00 bits per heavy atom. The van der Waals surface area contributed by atoms with Gasteiger partial charge in [0.1, 0.15) is 5.75 Å². The molecule has 0 aromatic heterocycles. The molecule has 2 unspecified atom stereocenters. The summed E-state index contributed by atoms with van der Waals surface area (Å²) in [4.78, 5) is 4.63. The summed E-state index contributed by atoms with van der Waals surface area (Å²) >= 11 is 0. The van der Waals surface area contributed by atoms with Crippen molar-refractivity contribution in [2.75, 3.05) is 14.2 Å². The number of para-hydroxylation sites is 1. The van der Waals surface area contributed by atoms with Crippen LogP contribution in [0.4, 0.5) is 5.69 Å². The molecule has 3 rings (SSSR count). The molecule has 0 heterocycles. The van der Waals surface area contributed by atoms with Crippen molar-refractivity contribution in [3.63, 3.8) is 0 Å². The molecule has 0 bridgehead atoms. The highest BCUT2D eigenvalue weighted by atomic mass is 31.1. The molecule has 0 spiro atoms. The first-order valence-electron chi connectivity index (χ1n) is 9.92. The Morgan fingerprint density at radius 2 is 1.70 bits per heavy atom. The fourth-order valence-electron chi connectivity index (χ4n) is 3.30. The first kappa shape index (κ1) is 21.9. The largest absolute Gasteiger partial charge is 0.504 e. The molecule has 0 amide bonds. The van der Waals surface area contributed by atoms with Crippen LogP contribution in [0.15, 0.2) is 71.7 Å². The fraction of sp³-hybridized carbons (Fsp3) is 0.240. The predicted molar refractivity (Wildman–Crippen MR) is 127 cm³/mol. The van der Waals surface area contributed by atoms with Gasteiger partial charge in [-0.3, -0.25) is 4.99 Å². The Balaban J connectivity index is 1.99. The van der Waals surface area contributed by atoms with Gasteiger partial charge in [-0.25, -0.2) is 0 Å². The van der Waals surface area contributed by atoms with E-state index in [9.17, 15) is 5.11 Å². The number of ether oxygens (including phenoxy) is 2. The first-order valence-corrected chi connectivity index (χ1v) is 10.9.